The lowest BCUT2D eigenvalue weighted by Crippen LogP contribution is -2.23. The fourth-order valence-electron chi connectivity index (χ4n) is 3.06. The van der Waals surface area contributed by atoms with Gasteiger partial charge in [-0.2, -0.15) is 0 Å². The molecule has 0 aliphatic heterocycles. The maximum atomic E-state index is 13.1. The summed E-state index contributed by atoms with van der Waals surface area (Å²) in [6.07, 6.45) is 0. The number of nitrogens with one attached hydrogen (secondary N) is 1. The first kappa shape index (κ1) is 15.4. The number of benzene rings is 2. The summed E-state index contributed by atoms with van der Waals surface area (Å²) < 4.78 is 1.76. The van der Waals surface area contributed by atoms with E-state index in [2.05, 4.69) is 36.2 Å². The third-order valence-corrected chi connectivity index (χ3v) is 4.37. The number of aromatic amines is 1. The molecule has 25 heavy (non-hydrogen) atoms. The largest absolute Gasteiger partial charge is 0.343 e. The lowest BCUT2D eigenvalue weighted by molar-refractivity contribution is 0.759. The van der Waals surface area contributed by atoms with Crippen molar-refractivity contribution in [2.45, 2.75) is 20.4 Å². The summed E-state index contributed by atoms with van der Waals surface area (Å²) >= 11 is 0. The van der Waals surface area contributed by atoms with Crippen LogP contribution in [0.3, 0.4) is 0 Å². The van der Waals surface area contributed by atoms with Gasteiger partial charge in [0.2, 0.25) is 0 Å². The van der Waals surface area contributed by atoms with Crippen LogP contribution in [0.4, 0.5) is 0 Å². The van der Waals surface area contributed by atoms with Crippen molar-refractivity contribution >= 4 is 11.0 Å². The van der Waals surface area contributed by atoms with Gasteiger partial charge in [0, 0.05) is 11.3 Å². The van der Waals surface area contributed by atoms with Crippen LogP contribution in [-0.2, 0) is 6.54 Å². The fourth-order valence-corrected chi connectivity index (χ4v) is 3.06. The number of H-pyrrole nitrogens is 1. The smallest absolute Gasteiger partial charge is 0.263 e. The Hall–Kier alpha value is -3.14. The van der Waals surface area contributed by atoms with E-state index in [-0.39, 0.29) is 5.56 Å². The van der Waals surface area contributed by atoms with Crippen LogP contribution in [0.2, 0.25) is 0 Å². The molecule has 2 aromatic heterocycles. The SMILES string of the molecule is Cc1ccc(Cn2c(-c3ccccc3)nc3[nH]c(C)cc3c2=O)cc1. The molecule has 0 bridgehead atoms. The summed E-state index contributed by atoms with van der Waals surface area (Å²) in [4.78, 5) is 21.0. The van der Waals surface area contributed by atoms with Gasteiger partial charge in [0.25, 0.3) is 5.56 Å². The molecule has 4 rings (SSSR count). The number of fused-ring (bicyclic) bond motifs is 1. The van der Waals surface area contributed by atoms with Crippen LogP contribution in [0.25, 0.3) is 22.4 Å². The van der Waals surface area contributed by atoms with Gasteiger partial charge in [-0.1, -0.05) is 60.2 Å². The molecule has 2 heterocycles. The average Bonchev–Trinajstić information content (AvgIpc) is 3.00. The average molecular weight is 329 g/mol. The molecule has 0 unspecified atom stereocenters. The second kappa shape index (κ2) is 6.06. The minimum absolute atomic E-state index is 0.0196. The molecule has 0 fully saturated rings. The van der Waals surface area contributed by atoms with Gasteiger partial charge in [-0.3, -0.25) is 9.36 Å². The Morgan fingerprint density at radius 2 is 1.72 bits per heavy atom. The number of aryl methyl sites for hydroxylation is 2. The molecule has 1 N–H and O–H groups in total. The molecule has 0 aliphatic rings. The minimum Gasteiger partial charge on any atom is -0.343 e. The molecule has 2 aromatic carbocycles. The van der Waals surface area contributed by atoms with E-state index in [0.29, 0.717) is 23.4 Å². The zero-order chi connectivity index (χ0) is 17.4. The van der Waals surface area contributed by atoms with E-state index < -0.39 is 0 Å². The fraction of sp³-hybridized carbons (Fsp3) is 0.143. The molecule has 0 atom stereocenters. The van der Waals surface area contributed by atoms with Gasteiger partial charge in [-0.25, -0.2) is 4.98 Å². The number of hydrogen-bond acceptors (Lipinski definition) is 2. The molecular weight excluding hydrogens is 310 g/mol. The Labute approximate surface area is 145 Å². The standard InChI is InChI=1S/C21H19N3O/c1-14-8-10-16(11-9-14)13-24-20(17-6-4-3-5-7-17)23-19-18(21(24)25)12-15(2)22-19/h3-12,22H,13H2,1-2H3. The maximum Gasteiger partial charge on any atom is 0.263 e. The number of rotatable bonds is 3. The Bertz CT molecular complexity index is 1090. The van der Waals surface area contributed by atoms with E-state index in [1.54, 1.807) is 4.57 Å². The summed E-state index contributed by atoms with van der Waals surface area (Å²) in [5, 5.41) is 0.629. The van der Waals surface area contributed by atoms with Crippen LogP contribution in [0.15, 0.2) is 65.5 Å². The molecule has 0 aliphatic carbocycles. The van der Waals surface area contributed by atoms with Gasteiger partial charge >= 0.3 is 0 Å². The number of aromatic nitrogens is 3. The highest BCUT2D eigenvalue weighted by atomic mass is 16.1. The minimum atomic E-state index is -0.0196. The van der Waals surface area contributed by atoms with Gasteiger partial charge in [0.1, 0.15) is 11.5 Å². The van der Waals surface area contributed by atoms with Crippen molar-refractivity contribution in [3.05, 3.63) is 87.8 Å². The monoisotopic (exact) mass is 329 g/mol. The third kappa shape index (κ3) is 2.87. The molecule has 4 nitrogen and oxygen atoms in total. The van der Waals surface area contributed by atoms with Crippen LogP contribution >= 0.6 is 0 Å². The molecule has 0 amide bonds. The molecule has 0 saturated carbocycles. The van der Waals surface area contributed by atoms with E-state index >= 15 is 0 Å². The van der Waals surface area contributed by atoms with Crippen molar-refractivity contribution in [3.63, 3.8) is 0 Å². The summed E-state index contributed by atoms with van der Waals surface area (Å²) in [5.41, 5.74) is 4.77. The lowest BCUT2D eigenvalue weighted by Gasteiger charge is -2.13. The van der Waals surface area contributed by atoms with Gasteiger partial charge in [-0.15, -0.1) is 0 Å². The number of hydrogen-bond donors (Lipinski definition) is 1. The van der Waals surface area contributed by atoms with Crippen LogP contribution in [-0.4, -0.2) is 14.5 Å². The van der Waals surface area contributed by atoms with Gasteiger partial charge in [-0.05, 0) is 25.5 Å². The van der Waals surface area contributed by atoms with Crippen molar-refractivity contribution in [3.8, 4) is 11.4 Å². The molecule has 4 aromatic rings. The Kier molecular flexibility index (Phi) is 3.73. The molecule has 124 valence electrons. The molecule has 4 heteroatoms. The van der Waals surface area contributed by atoms with Crippen molar-refractivity contribution in [2.24, 2.45) is 0 Å². The van der Waals surface area contributed by atoms with E-state index in [1.807, 2.05) is 43.3 Å². The van der Waals surface area contributed by atoms with Crippen molar-refractivity contribution < 1.29 is 0 Å². The highest BCUT2D eigenvalue weighted by molar-refractivity contribution is 5.78. The van der Waals surface area contributed by atoms with Crippen LogP contribution in [0.5, 0.6) is 0 Å². The van der Waals surface area contributed by atoms with Crippen LogP contribution in [0.1, 0.15) is 16.8 Å². The molecule has 0 spiro atoms. The topological polar surface area (TPSA) is 50.7 Å². The maximum absolute atomic E-state index is 13.1. The van der Waals surface area contributed by atoms with Gasteiger partial charge in [0.05, 0.1) is 11.9 Å². The zero-order valence-electron chi connectivity index (χ0n) is 14.3. The van der Waals surface area contributed by atoms with Crippen molar-refractivity contribution in [1.29, 1.82) is 0 Å². The second-order valence-electron chi connectivity index (χ2n) is 6.39. The van der Waals surface area contributed by atoms with E-state index in [4.69, 9.17) is 4.98 Å². The van der Waals surface area contributed by atoms with Gasteiger partial charge in [0.15, 0.2) is 0 Å². The Balaban J connectivity index is 1.94. The first-order valence-corrected chi connectivity index (χ1v) is 8.33. The predicted octanol–water partition coefficient (Wildman–Crippen LogP) is 4.06. The highest BCUT2D eigenvalue weighted by Crippen LogP contribution is 2.20. The van der Waals surface area contributed by atoms with E-state index in [0.717, 1.165) is 16.8 Å². The van der Waals surface area contributed by atoms with Crippen molar-refractivity contribution in [1.82, 2.24) is 14.5 Å². The summed E-state index contributed by atoms with van der Waals surface area (Å²) in [7, 11) is 0. The van der Waals surface area contributed by atoms with E-state index in [9.17, 15) is 4.79 Å². The third-order valence-electron chi connectivity index (χ3n) is 4.37. The lowest BCUT2D eigenvalue weighted by atomic mass is 10.1. The predicted molar refractivity (Wildman–Crippen MR) is 101 cm³/mol. The number of nitrogens with zero attached hydrogens (tertiary/aromatic N) is 2. The molecular formula is C21H19N3O. The van der Waals surface area contributed by atoms with Crippen LogP contribution < -0.4 is 5.56 Å². The first-order valence-electron chi connectivity index (χ1n) is 8.33. The second-order valence-corrected chi connectivity index (χ2v) is 6.39. The van der Waals surface area contributed by atoms with E-state index in [1.165, 1.54) is 5.56 Å². The molecule has 0 radical (unpaired) electrons. The van der Waals surface area contributed by atoms with Crippen LogP contribution in [0, 0.1) is 13.8 Å². The summed E-state index contributed by atoms with van der Waals surface area (Å²) in [5.74, 6) is 0.681. The molecule has 0 saturated heterocycles. The Morgan fingerprint density at radius 1 is 1.00 bits per heavy atom. The summed E-state index contributed by atoms with van der Waals surface area (Å²) in [6.45, 7) is 4.49. The van der Waals surface area contributed by atoms with Gasteiger partial charge < -0.3 is 4.98 Å². The summed E-state index contributed by atoms with van der Waals surface area (Å²) in [6, 6.07) is 20.0. The first-order chi connectivity index (χ1) is 12.1. The zero-order valence-corrected chi connectivity index (χ0v) is 14.3. The quantitative estimate of drug-likeness (QED) is 0.616. The highest BCUT2D eigenvalue weighted by Gasteiger charge is 2.14. The normalized spacial score (nSPS) is 11.1. The van der Waals surface area contributed by atoms with Crippen molar-refractivity contribution in [2.75, 3.05) is 0 Å². The Morgan fingerprint density at radius 3 is 2.44 bits per heavy atom.